The predicted octanol–water partition coefficient (Wildman–Crippen LogP) is 2.08. The van der Waals surface area contributed by atoms with E-state index in [0.717, 1.165) is 31.9 Å². The summed E-state index contributed by atoms with van der Waals surface area (Å²) in [5.74, 6) is 0.761. The van der Waals surface area contributed by atoms with Gasteiger partial charge < -0.3 is 10.0 Å². The summed E-state index contributed by atoms with van der Waals surface area (Å²) in [6.45, 7) is 4.15. The Balaban J connectivity index is 2.02. The molecule has 1 N–H and O–H groups in total. The first-order valence-electron chi connectivity index (χ1n) is 6.00. The van der Waals surface area contributed by atoms with Crippen molar-refractivity contribution in [2.75, 3.05) is 38.6 Å². The zero-order valence-corrected chi connectivity index (χ0v) is 10.5. The molecule has 0 aromatic heterocycles. The zero-order chi connectivity index (χ0) is 11.8. The molecule has 1 aliphatic heterocycles. The fourth-order valence-corrected chi connectivity index (χ4v) is 2.14. The minimum absolute atomic E-state index is 0.650. The molecule has 0 unspecified atom stereocenters. The summed E-state index contributed by atoms with van der Waals surface area (Å²) < 4.78 is 0. The fourth-order valence-electron chi connectivity index (χ4n) is 1.95. The number of hydrogen-bond donors (Lipinski definition) is 1. The van der Waals surface area contributed by atoms with Crippen LogP contribution in [0.15, 0.2) is 0 Å². The van der Waals surface area contributed by atoms with Crippen molar-refractivity contribution < 1.29 is 9.90 Å². The molecular formula is C11H21ClN2O2. The van der Waals surface area contributed by atoms with Gasteiger partial charge >= 0.3 is 6.09 Å². The van der Waals surface area contributed by atoms with Crippen LogP contribution in [0, 0.1) is 0 Å². The molecule has 4 nitrogen and oxygen atoms in total. The van der Waals surface area contributed by atoms with Gasteiger partial charge in [-0.3, -0.25) is 4.90 Å². The van der Waals surface area contributed by atoms with Crippen molar-refractivity contribution in [1.29, 1.82) is 0 Å². The van der Waals surface area contributed by atoms with Crippen LogP contribution in [0.4, 0.5) is 4.79 Å². The van der Waals surface area contributed by atoms with Crippen molar-refractivity contribution in [3.63, 3.8) is 0 Å². The molecule has 0 spiro atoms. The maximum Gasteiger partial charge on any atom is 0.407 e. The second kappa shape index (κ2) is 7.74. The lowest BCUT2D eigenvalue weighted by atomic mass is 10.2. The Labute approximate surface area is 102 Å². The molecule has 5 heteroatoms. The Morgan fingerprint density at radius 1 is 1.06 bits per heavy atom. The summed E-state index contributed by atoms with van der Waals surface area (Å²) in [4.78, 5) is 14.5. The van der Waals surface area contributed by atoms with E-state index in [1.165, 1.54) is 24.2 Å². The number of halogens is 1. The molecule has 1 amide bonds. The van der Waals surface area contributed by atoms with Crippen LogP contribution >= 0.6 is 11.6 Å². The first-order chi connectivity index (χ1) is 7.74. The summed E-state index contributed by atoms with van der Waals surface area (Å²) in [6.07, 6.45) is 3.95. The van der Waals surface area contributed by atoms with Gasteiger partial charge in [0.15, 0.2) is 0 Å². The molecule has 1 heterocycles. The maximum absolute atomic E-state index is 10.7. The highest BCUT2D eigenvalue weighted by molar-refractivity contribution is 6.17. The number of hydrogen-bond acceptors (Lipinski definition) is 2. The number of piperazine rings is 1. The van der Waals surface area contributed by atoms with Gasteiger partial charge in [0.1, 0.15) is 0 Å². The Morgan fingerprint density at radius 3 is 2.25 bits per heavy atom. The van der Waals surface area contributed by atoms with Crippen molar-refractivity contribution in [2.24, 2.45) is 0 Å². The highest BCUT2D eigenvalue weighted by atomic mass is 35.5. The van der Waals surface area contributed by atoms with Crippen molar-refractivity contribution in [1.82, 2.24) is 9.80 Å². The zero-order valence-electron chi connectivity index (χ0n) is 9.70. The van der Waals surface area contributed by atoms with E-state index in [1.807, 2.05) is 0 Å². The van der Waals surface area contributed by atoms with Crippen LogP contribution in [-0.2, 0) is 0 Å². The van der Waals surface area contributed by atoms with Crippen LogP contribution in [-0.4, -0.2) is 59.6 Å². The molecule has 0 aromatic rings. The summed E-state index contributed by atoms with van der Waals surface area (Å²) in [5.41, 5.74) is 0. The van der Waals surface area contributed by atoms with E-state index in [9.17, 15) is 4.79 Å². The first-order valence-corrected chi connectivity index (χ1v) is 6.53. The van der Waals surface area contributed by atoms with Gasteiger partial charge in [-0.1, -0.05) is 12.8 Å². The smallest absolute Gasteiger partial charge is 0.407 e. The van der Waals surface area contributed by atoms with Crippen LogP contribution in [0.2, 0.25) is 0 Å². The van der Waals surface area contributed by atoms with E-state index < -0.39 is 6.09 Å². The summed E-state index contributed by atoms with van der Waals surface area (Å²) >= 11 is 5.60. The van der Waals surface area contributed by atoms with Crippen molar-refractivity contribution >= 4 is 17.7 Å². The van der Waals surface area contributed by atoms with Gasteiger partial charge in [-0.15, -0.1) is 11.6 Å². The van der Waals surface area contributed by atoms with Crippen molar-refractivity contribution in [2.45, 2.75) is 25.7 Å². The Bertz CT molecular complexity index is 206. The summed E-state index contributed by atoms with van der Waals surface area (Å²) in [6, 6.07) is 0. The Hall–Kier alpha value is -0.480. The minimum atomic E-state index is -0.790. The highest BCUT2D eigenvalue weighted by Crippen LogP contribution is 2.06. The monoisotopic (exact) mass is 248 g/mol. The fraction of sp³-hybridized carbons (Fsp3) is 0.909. The van der Waals surface area contributed by atoms with E-state index >= 15 is 0 Å². The Morgan fingerprint density at radius 2 is 1.69 bits per heavy atom. The predicted molar refractivity (Wildman–Crippen MR) is 65.2 cm³/mol. The van der Waals surface area contributed by atoms with E-state index in [2.05, 4.69) is 4.90 Å². The normalized spacial score (nSPS) is 17.7. The molecule has 0 radical (unpaired) electrons. The molecule has 0 aromatic carbocycles. The molecule has 1 rings (SSSR count). The maximum atomic E-state index is 10.7. The van der Waals surface area contributed by atoms with Gasteiger partial charge in [0.05, 0.1) is 0 Å². The molecule has 0 aliphatic carbocycles. The van der Waals surface area contributed by atoms with Crippen molar-refractivity contribution in [3.05, 3.63) is 0 Å². The van der Waals surface area contributed by atoms with Gasteiger partial charge in [0.2, 0.25) is 0 Å². The number of nitrogens with zero attached hydrogens (tertiary/aromatic N) is 2. The summed E-state index contributed by atoms with van der Waals surface area (Å²) in [7, 11) is 0. The molecular weight excluding hydrogens is 228 g/mol. The number of unbranched alkanes of at least 4 members (excludes halogenated alkanes) is 3. The average Bonchev–Trinajstić information content (AvgIpc) is 2.29. The third kappa shape index (κ3) is 5.03. The lowest BCUT2D eigenvalue weighted by molar-refractivity contribution is 0.105. The highest BCUT2D eigenvalue weighted by Gasteiger charge is 2.19. The Kier molecular flexibility index (Phi) is 6.57. The molecule has 16 heavy (non-hydrogen) atoms. The van der Waals surface area contributed by atoms with Gasteiger partial charge in [-0.05, 0) is 19.4 Å². The molecule has 1 fully saturated rings. The third-order valence-electron chi connectivity index (χ3n) is 3.00. The molecule has 0 bridgehead atoms. The molecule has 94 valence electrons. The number of carboxylic acid groups (broad SMARTS) is 1. The van der Waals surface area contributed by atoms with E-state index in [-0.39, 0.29) is 0 Å². The van der Waals surface area contributed by atoms with Gasteiger partial charge in [-0.25, -0.2) is 4.79 Å². The standard InChI is InChI=1S/C11H21ClN2O2/c12-5-3-1-2-4-6-13-7-9-14(10-8-13)11(15)16/h1-10H2,(H,15,16). The van der Waals surface area contributed by atoms with E-state index in [0.29, 0.717) is 13.1 Å². The van der Waals surface area contributed by atoms with Crippen LogP contribution in [0.5, 0.6) is 0 Å². The summed E-state index contributed by atoms with van der Waals surface area (Å²) in [5, 5.41) is 8.79. The van der Waals surface area contributed by atoms with Crippen LogP contribution in [0.3, 0.4) is 0 Å². The SMILES string of the molecule is O=C(O)N1CCN(CCCCCCCl)CC1. The number of alkyl halides is 1. The molecule has 0 saturated carbocycles. The molecule has 1 aliphatic rings. The molecule has 0 atom stereocenters. The van der Waals surface area contributed by atoms with E-state index in [4.69, 9.17) is 16.7 Å². The third-order valence-corrected chi connectivity index (χ3v) is 3.27. The quantitative estimate of drug-likeness (QED) is 0.578. The van der Waals surface area contributed by atoms with Crippen molar-refractivity contribution in [3.8, 4) is 0 Å². The second-order valence-corrected chi connectivity index (χ2v) is 4.59. The van der Waals surface area contributed by atoms with Gasteiger partial charge in [0.25, 0.3) is 0 Å². The largest absolute Gasteiger partial charge is 0.465 e. The number of carbonyl (C=O) groups is 1. The first kappa shape index (κ1) is 13.6. The number of amides is 1. The van der Waals surface area contributed by atoms with Gasteiger partial charge in [0, 0.05) is 32.1 Å². The second-order valence-electron chi connectivity index (χ2n) is 4.21. The lowest BCUT2D eigenvalue weighted by Gasteiger charge is -2.33. The van der Waals surface area contributed by atoms with E-state index in [1.54, 1.807) is 0 Å². The minimum Gasteiger partial charge on any atom is -0.465 e. The van der Waals surface area contributed by atoms with Crippen LogP contribution in [0.1, 0.15) is 25.7 Å². The number of rotatable bonds is 6. The molecule has 1 saturated heterocycles. The lowest BCUT2D eigenvalue weighted by Crippen LogP contribution is -2.48. The van der Waals surface area contributed by atoms with Crippen LogP contribution < -0.4 is 0 Å². The average molecular weight is 249 g/mol. The van der Waals surface area contributed by atoms with Gasteiger partial charge in [-0.2, -0.15) is 0 Å². The van der Waals surface area contributed by atoms with Crippen LogP contribution in [0.25, 0.3) is 0 Å². The topological polar surface area (TPSA) is 43.8 Å².